The van der Waals surface area contributed by atoms with Crippen molar-refractivity contribution in [3.63, 3.8) is 0 Å². The summed E-state index contributed by atoms with van der Waals surface area (Å²) in [6.07, 6.45) is 4.90. The van der Waals surface area contributed by atoms with E-state index in [0.717, 1.165) is 32.2 Å². The minimum Gasteiger partial charge on any atom is -0.383 e. The molecule has 0 bridgehead atoms. The zero-order chi connectivity index (χ0) is 11.5. The van der Waals surface area contributed by atoms with Gasteiger partial charge in [0.2, 0.25) is 5.91 Å². The molecule has 4 heteroatoms. The van der Waals surface area contributed by atoms with Crippen molar-refractivity contribution in [1.82, 2.24) is 4.90 Å². The van der Waals surface area contributed by atoms with Crippen molar-refractivity contribution >= 4 is 5.91 Å². The minimum absolute atomic E-state index is 0.208. The highest BCUT2D eigenvalue weighted by atomic mass is 16.5. The van der Waals surface area contributed by atoms with Gasteiger partial charge in [0.05, 0.1) is 6.61 Å². The Morgan fingerprint density at radius 2 is 1.93 bits per heavy atom. The lowest BCUT2D eigenvalue weighted by atomic mass is 10.1. The van der Waals surface area contributed by atoms with Gasteiger partial charge in [-0.05, 0) is 19.4 Å². The van der Waals surface area contributed by atoms with Crippen LogP contribution in [0.3, 0.4) is 0 Å². The highest BCUT2D eigenvalue weighted by Gasteiger charge is 2.06. The molecule has 0 saturated heterocycles. The molecule has 0 fully saturated rings. The van der Waals surface area contributed by atoms with Gasteiger partial charge < -0.3 is 15.4 Å². The maximum Gasteiger partial charge on any atom is 0.222 e. The highest BCUT2D eigenvalue weighted by molar-refractivity contribution is 5.75. The predicted molar refractivity (Wildman–Crippen MR) is 61.7 cm³/mol. The molecule has 90 valence electrons. The van der Waals surface area contributed by atoms with Gasteiger partial charge in [0.1, 0.15) is 0 Å². The molecule has 0 aliphatic carbocycles. The fraction of sp³-hybridized carbons (Fsp3) is 0.909. The molecule has 0 atom stereocenters. The molecule has 0 saturated carbocycles. The van der Waals surface area contributed by atoms with E-state index in [4.69, 9.17) is 10.5 Å². The number of rotatable bonds is 9. The van der Waals surface area contributed by atoms with Crippen LogP contribution < -0.4 is 5.73 Å². The smallest absolute Gasteiger partial charge is 0.222 e. The van der Waals surface area contributed by atoms with Crippen LogP contribution in [0.15, 0.2) is 0 Å². The lowest BCUT2D eigenvalue weighted by molar-refractivity contribution is -0.130. The first kappa shape index (κ1) is 14.4. The van der Waals surface area contributed by atoms with Gasteiger partial charge in [-0.3, -0.25) is 4.79 Å². The highest BCUT2D eigenvalue weighted by Crippen LogP contribution is 2.04. The summed E-state index contributed by atoms with van der Waals surface area (Å²) in [7, 11) is 3.46. The molecule has 2 N–H and O–H groups in total. The normalized spacial score (nSPS) is 10.3. The average molecular weight is 216 g/mol. The van der Waals surface area contributed by atoms with Gasteiger partial charge in [0.25, 0.3) is 0 Å². The van der Waals surface area contributed by atoms with Gasteiger partial charge in [0.15, 0.2) is 0 Å². The van der Waals surface area contributed by atoms with Crippen molar-refractivity contribution in [2.45, 2.75) is 32.1 Å². The van der Waals surface area contributed by atoms with Gasteiger partial charge in [-0.15, -0.1) is 0 Å². The molecule has 0 spiro atoms. The van der Waals surface area contributed by atoms with Gasteiger partial charge in [-0.25, -0.2) is 0 Å². The first-order chi connectivity index (χ1) is 7.22. The number of hydrogen-bond donors (Lipinski definition) is 1. The Hall–Kier alpha value is -0.610. The van der Waals surface area contributed by atoms with E-state index in [0.29, 0.717) is 19.6 Å². The lowest BCUT2D eigenvalue weighted by Crippen LogP contribution is -2.29. The fourth-order valence-corrected chi connectivity index (χ4v) is 1.32. The summed E-state index contributed by atoms with van der Waals surface area (Å²) < 4.78 is 4.91. The van der Waals surface area contributed by atoms with Crippen LogP contribution in [0.25, 0.3) is 0 Å². The Morgan fingerprint density at radius 3 is 2.53 bits per heavy atom. The predicted octanol–water partition coefficient (Wildman–Crippen LogP) is 1.00. The summed E-state index contributed by atoms with van der Waals surface area (Å²) in [6.45, 7) is 2.04. The molecule has 0 aliphatic rings. The molecule has 0 rings (SSSR count). The van der Waals surface area contributed by atoms with Crippen LogP contribution >= 0.6 is 0 Å². The molecule has 4 nitrogen and oxygen atoms in total. The standard InChI is InChI=1S/C11H24N2O2/c1-13(9-10-15-2)11(14)7-5-3-4-6-8-12/h3-10,12H2,1-2H3. The third kappa shape index (κ3) is 8.39. The van der Waals surface area contributed by atoms with E-state index in [9.17, 15) is 4.79 Å². The van der Waals surface area contributed by atoms with Crippen molar-refractivity contribution in [3.05, 3.63) is 0 Å². The topological polar surface area (TPSA) is 55.6 Å². The molecule has 15 heavy (non-hydrogen) atoms. The number of hydrogen-bond acceptors (Lipinski definition) is 3. The zero-order valence-electron chi connectivity index (χ0n) is 10.00. The minimum atomic E-state index is 0.208. The van der Waals surface area contributed by atoms with E-state index < -0.39 is 0 Å². The summed E-state index contributed by atoms with van der Waals surface area (Å²) >= 11 is 0. The number of ether oxygens (including phenoxy) is 1. The number of carbonyl (C=O) groups excluding carboxylic acids is 1. The van der Waals surface area contributed by atoms with E-state index in [1.54, 1.807) is 12.0 Å². The lowest BCUT2D eigenvalue weighted by Gasteiger charge is -2.16. The van der Waals surface area contributed by atoms with Crippen LogP contribution in [0.2, 0.25) is 0 Å². The Bertz CT molecular complexity index is 163. The first-order valence-electron chi connectivity index (χ1n) is 5.65. The second-order valence-electron chi connectivity index (χ2n) is 3.76. The summed E-state index contributed by atoms with van der Waals surface area (Å²) in [5, 5.41) is 0. The third-order valence-electron chi connectivity index (χ3n) is 2.40. The van der Waals surface area contributed by atoms with Crippen molar-refractivity contribution in [3.8, 4) is 0 Å². The van der Waals surface area contributed by atoms with Crippen molar-refractivity contribution in [2.75, 3.05) is 33.9 Å². The molecule has 0 aromatic carbocycles. The summed E-state index contributed by atoms with van der Waals surface area (Å²) in [5.41, 5.74) is 5.38. The van der Waals surface area contributed by atoms with Crippen LogP contribution in [0, 0.1) is 0 Å². The van der Waals surface area contributed by atoms with E-state index in [1.807, 2.05) is 7.05 Å². The maximum absolute atomic E-state index is 11.5. The van der Waals surface area contributed by atoms with Crippen LogP contribution in [0.1, 0.15) is 32.1 Å². The van der Waals surface area contributed by atoms with E-state index in [1.165, 1.54) is 0 Å². The second kappa shape index (κ2) is 9.93. The Balaban J connectivity index is 3.38. The average Bonchev–Trinajstić information content (AvgIpc) is 2.25. The number of unbranched alkanes of at least 4 members (excludes halogenated alkanes) is 3. The summed E-state index contributed by atoms with van der Waals surface area (Å²) in [4.78, 5) is 13.3. The molecule has 0 aliphatic heterocycles. The number of nitrogens with zero attached hydrogens (tertiary/aromatic N) is 1. The van der Waals surface area contributed by atoms with E-state index in [2.05, 4.69) is 0 Å². The monoisotopic (exact) mass is 216 g/mol. The number of carbonyl (C=O) groups is 1. The SMILES string of the molecule is COCCN(C)C(=O)CCCCCCN. The molecular weight excluding hydrogens is 192 g/mol. The quantitative estimate of drug-likeness (QED) is 0.585. The molecular formula is C11H24N2O2. The number of likely N-dealkylation sites (N-methyl/N-ethyl adjacent to an activating group) is 1. The van der Waals surface area contributed by atoms with Gasteiger partial charge in [-0.1, -0.05) is 12.8 Å². The first-order valence-corrected chi connectivity index (χ1v) is 5.65. The molecule has 0 aromatic rings. The third-order valence-corrected chi connectivity index (χ3v) is 2.40. The van der Waals surface area contributed by atoms with Crippen molar-refractivity contribution in [1.29, 1.82) is 0 Å². The Morgan fingerprint density at radius 1 is 1.27 bits per heavy atom. The summed E-state index contributed by atoms with van der Waals surface area (Å²) in [5.74, 6) is 0.208. The van der Waals surface area contributed by atoms with Crippen LogP contribution in [0.4, 0.5) is 0 Å². The number of methoxy groups -OCH3 is 1. The van der Waals surface area contributed by atoms with Crippen LogP contribution in [-0.2, 0) is 9.53 Å². The van der Waals surface area contributed by atoms with E-state index in [-0.39, 0.29) is 5.91 Å². The molecule has 0 unspecified atom stereocenters. The zero-order valence-corrected chi connectivity index (χ0v) is 10.00. The Kier molecular flexibility index (Phi) is 9.52. The molecule has 1 amide bonds. The van der Waals surface area contributed by atoms with Crippen molar-refractivity contribution in [2.24, 2.45) is 5.73 Å². The number of nitrogens with two attached hydrogens (primary N) is 1. The molecule has 0 heterocycles. The maximum atomic E-state index is 11.5. The van der Waals surface area contributed by atoms with Crippen molar-refractivity contribution < 1.29 is 9.53 Å². The van der Waals surface area contributed by atoms with Crippen LogP contribution in [0.5, 0.6) is 0 Å². The van der Waals surface area contributed by atoms with Crippen LogP contribution in [-0.4, -0.2) is 44.7 Å². The second-order valence-corrected chi connectivity index (χ2v) is 3.76. The number of amides is 1. The van der Waals surface area contributed by atoms with Gasteiger partial charge in [-0.2, -0.15) is 0 Å². The molecule has 0 aromatic heterocycles. The Labute approximate surface area is 92.8 Å². The fourth-order valence-electron chi connectivity index (χ4n) is 1.32. The largest absolute Gasteiger partial charge is 0.383 e. The van der Waals surface area contributed by atoms with Gasteiger partial charge in [0, 0.05) is 27.1 Å². The van der Waals surface area contributed by atoms with Gasteiger partial charge >= 0.3 is 0 Å². The summed E-state index contributed by atoms with van der Waals surface area (Å²) in [6, 6.07) is 0. The molecule has 0 radical (unpaired) electrons. The van der Waals surface area contributed by atoms with E-state index >= 15 is 0 Å².